The van der Waals surface area contributed by atoms with E-state index in [1.165, 1.54) is 0 Å². The number of benzene rings is 2. The van der Waals surface area contributed by atoms with Gasteiger partial charge in [-0.2, -0.15) is 0 Å². The first-order chi connectivity index (χ1) is 14.5. The lowest BCUT2D eigenvalue weighted by Gasteiger charge is -2.14. The highest BCUT2D eigenvalue weighted by molar-refractivity contribution is 14.0. The second kappa shape index (κ2) is 15.2. The average Bonchev–Trinajstić information content (AvgIpc) is 2.76. The maximum Gasteiger partial charge on any atom is 0.191 e. The fourth-order valence-electron chi connectivity index (χ4n) is 2.81. The molecular formula is C23H34IN3O3S. The van der Waals surface area contributed by atoms with E-state index in [0.717, 1.165) is 12.1 Å². The van der Waals surface area contributed by atoms with E-state index < -0.39 is 9.84 Å². The highest BCUT2D eigenvalue weighted by atomic mass is 127. The second-order valence-electron chi connectivity index (χ2n) is 7.24. The largest absolute Gasteiger partial charge is 0.376 e. The zero-order valence-electron chi connectivity index (χ0n) is 18.3. The maximum absolute atomic E-state index is 12.3. The van der Waals surface area contributed by atoms with E-state index in [2.05, 4.69) is 22.5 Å². The lowest BCUT2D eigenvalue weighted by molar-refractivity contribution is 0.0945. The molecule has 2 aromatic carbocycles. The summed E-state index contributed by atoms with van der Waals surface area (Å²) in [6, 6.07) is 18.7. The minimum absolute atomic E-state index is 0. The molecule has 0 spiro atoms. The SMILES string of the molecule is CCNC(=NCC(C)COCc1ccccc1)NCCCS(=O)(=O)c1ccccc1.I. The van der Waals surface area contributed by atoms with E-state index in [-0.39, 0.29) is 35.6 Å². The molecule has 2 rings (SSSR count). The first kappa shape index (κ1) is 27.4. The Bertz CT molecular complexity index is 862. The van der Waals surface area contributed by atoms with Gasteiger partial charge in [-0.3, -0.25) is 4.99 Å². The molecule has 2 aromatic rings. The van der Waals surface area contributed by atoms with Gasteiger partial charge in [0.2, 0.25) is 0 Å². The van der Waals surface area contributed by atoms with Crippen LogP contribution in [0.25, 0.3) is 0 Å². The van der Waals surface area contributed by atoms with Crippen LogP contribution in [-0.4, -0.2) is 46.4 Å². The van der Waals surface area contributed by atoms with Crippen LogP contribution in [0.3, 0.4) is 0 Å². The smallest absolute Gasteiger partial charge is 0.191 e. The third kappa shape index (κ3) is 11.0. The number of rotatable bonds is 12. The van der Waals surface area contributed by atoms with Crippen LogP contribution in [0.1, 0.15) is 25.8 Å². The first-order valence-electron chi connectivity index (χ1n) is 10.4. The standard InChI is InChI=1S/C23H33N3O3S.HI/c1-3-24-23(25-15-10-16-30(27,28)22-13-8-5-9-14-22)26-17-20(2)18-29-19-21-11-6-4-7-12-21;/h4-9,11-14,20H,3,10,15-19H2,1-2H3,(H2,24,25,26);1H. The van der Waals surface area contributed by atoms with Crippen molar-refractivity contribution in [3.8, 4) is 0 Å². The van der Waals surface area contributed by atoms with Crippen molar-refractivity contribution in [1.82, 2.24) is 10.6 Å². The van der Waals surface area contributed by atoms with E-state index in [1.807, 2.05) is 43.3 Å². The van der Waals surface area contributed by atoms with Crippen LogP contribution < -0.4 is 10.6 Å². The van der Waals surface area contributed by atoms with E-state index in [4.69, 9.17) is 4.74 Å². The van der Waals surface area contributed by atoms with Crippen LogP contribution in [0.2, 0.25) is 0 Å². The van der Waals surface area contributed by atoms with Crippen molar-refractivity contribution in [3.05, 3.63) is 66.2 Å². The van der Waals surface area contributed by atoms with Crippen molar-refractivity contribution in [1.29, 1.82) is 0 Å². The van der Waals surface area contributed by atoms with Crippen LogP contribution in [0, 0.1) is 5.92 Å². The first-order valence-corrected chi connectivity index (χ1v) is 12.1. The van der Waals surface area contributed by atoms with Gasteiger partial charge in [0, 0.05) is 19.6 Å². The summed E-state index contributed by atoms with van der Waals surface area (Å²) in [6.07, 6.45) is 0.511. The minimum Gasteiger partial charge on any atom is -0.376 e. The van der Waals surface area contributed by atoms with Crippen molar-refractivity contribution in [3.63, 3.8) is 0 Å². The summed E-state index contributed by atoms with van der Waals surface area (Å²) in [5, 5.41) is 6.41. The lowest BCUT2D eigenvalue weighted by Crippen LogP contribution is -2.38. The summed E-state index contributed by atoms with van der Waals surface area (Å²) in [5.41, 5.74) is 1.16. The summed E-state index contributed by atoms with van der Waals surface area (Å²) in [6.45, 7) is 7.25. The molecule has 31 heavy (non-hydrogen) atoms. The van der Waals surface area contributed by atoms with Crippen LogP contribution in [0.5, 0.6) is 0 Å². The summed E-state index contributed by atoms with van der Waals surface area (Å²) in [7, 11) is -3.25. The fourth-order valence-corrected chi connectivity index (χ4v) is 4.14. The number of guanidine groups is 1. The molecule has 0 aromatic heterocycles. The van der Waals surface area contributed by atoms with Gasteiger partial charge in [-0.25, -0.2) is 8.42 Å². The van der Waals surface area contributed by atoms with Crippen molar-refractivity contribution < 1.29 is 13.2 Å². The van der Waals surface area contributed by atoms with Crippen molar-refractivity contribution in [2.45, 2.75) is 31.8 Å². The molecule has 0 bridgehead atoms. The molecular weight excluding hydrogens is 525 g/mol. The monoisotopic (exact) mass is 559 g/mol. The number of sulfone groups is 1. The maximum atomic E-state index is 12.3. The molecule has 172 valence electrons. The summed E-state index contributed by atoms with van der Waals surface area (Å²) in [5.74, 6) is 1.08. The number of nitrogens with zero attached hydrogens (tertiary/aromatic N) is 1. The minimum atomic E-state index is -3.25. The van der Waals surface area contributed by atoms with E-state index >= 15 is 0 Å². The van der Waals surface area contributed by atoms with E-state index in [0.29, 0.717) is 43.6 Å². The molecule has 0 heterocycles. The molecule has 0 aliphatic carbocycles. The average molecular weight is 560 g/mol. The van der Waals surface area contributed by atoms with Gasteiger partial charge in [-0.15, -0.1) is 24.0 Å². The zero-order chi connectivity index (χ0) is 21.7. The predicted octanol–water partition coefficient (Wildman–Crippen LogP) is 3.88. The van der Waals surface area contributed by atoms with Gasteiger partial charge in [-0.05, 0) is 37.0 Å². The van der Waals surface area contributed by atoms with Gasteiger partial charge in [0.1, 0.15) is 0 Å². The molecule has 0 aliphatic rings. The Morgan fingerprint density at radius 2 is 1.68 bits per heavy atom. The Hall–Kier alpha value is -1.65. The van der Waals surface area contributed by atoms with Crippen molar-refractivity contribution >= 4 is 39.8 Å². The van der Waals surface area contributed by atoms with Crippen LogP contribution in [0.4, 0.5) is 0 Å². The summed E-state index contributed by atoms with van der Waals surface area (Å²) < 4.78 is 30.4. The molecule has 0 fully saturated rings. The van der Waals surface area contributed by atoms with Gasteiger partial charge in [0.05, 0.1) is 23.9 Å². The second-order valence-corrected chi connectivity index (χ2v) is 9.35. The third-order valence-corrected chi connectivity index (χ3v) is 6.22. The molecule has 0 aliphatic heterocycles. The van der Waals surface area contributed by atoms with Crippen molar-refractivity contribution in [2.24, 2.45) is 10.9 Å². The normalized spacial score (nSPS) is 12.6. The summed E-state index contributed by atoms with van der Waals surface area (Å²) >= 11 is 0. The number of aliphatic imine (C=N–C) groups is 1. The van der Waals surface area contributed by atoms with Gasteiger partial charge >= 0.3 is 0 Å². The topological polar surface area (TPSA) is 79.8 Å². The molecule has 1 atom stereocenters. The van der Waals surface area contributed by atoms with Gasteiger partial charge < -0.3 is 15.4 Å². The highest BCUT2D eigenvalue weighted by Gasteiger charge is 2.13. The molecule has 6 nitrogen and oxygen atoms in total. The molecule has 0 saturated heterocycles. The quantitative estimate of drug-likeness (QED) is 0.179. The van der Waals surface area contributed by atoms with Gasteiger partial charge in [-0.1, -0.05) is 55.5 Å². The van der Waals surface area contributed by atoms with Gasteiger partial charge in [0.25, 0.3) is 0 Å². The Morgan fingerprint density at radius 3 is 2.32 bits per heavy atom. The molecule has 0 amide bonds. The Balaban J connectivity index is 0.00000480. The Morgan fingerprint density at radius 1 is 1.03 bits per heavy atom. The number of hydrogen-bond acceptors (Lipinski definition) is 4. The lowest BCUT2D eigenvalue weighted by atomic mass is 10.2. The number of halogens is 1. The number of nitrogens with one attached hydrogen (secondary N) is 2. The van der Waals surface area contributed by atoms with Gasteiger partial charge in [0.15, 0.2) is 15.8 Å². The highest BCUT2D eigenvalue weighted by Crippen LogP contribution is 2.10. The van der Waals surface area contributed by atoms with E-state index in [9.17, 15) is 8.42 Å². The van der Waals surface area contributed by atoms with E-state index in [1.54, 1.807) is 24.3 Å². The Kier molecular flexibility index (Phi) is 13.4. The summed E-state index contributed by atoms with van der Waals surface area (Å²) in [4.78, 5) is 4.97. The number of ether oxygens (including phenoxy) is 1. The molecule has 0 saturated carbocycles. The molecule has 8 heteroatoms. The van der Waals surface area contributed by atoms with Crippen molar-refractivity contribution in [2.75, 3.05) is 32.0 Å². The number of hydrogen-bond donors (Lipinski definition) is 2. The van der Waals surface area contributed by atoms with Crippen LogP contribution in [-0.2, 0) is 21.2 Å². The predicted molar refractivity (Wildman–Crippen MR) is 138 cm³/mol. The molecule has 0 radical (unpaired) electrons. The third-order valence-electron chi connectivity index (χ3n) is 4.40. The molecule has 2 N–H and O–H groups in total. The zero-order valence-corrected chi connectivity index (χ0v) is 21.4. The van der Waals surface area contributed by atoms with Crippen LogP contribution in [0.15, 0.2) is 70.6 Å². The molecule has 1 unspecified atom stereocenters. The fraction of sp³-hybridized carbons (Fsp3) is 0.435. The Labute approximate surface area is 203 Å². The van der Waals surface area contributed by atoms with Crippen LogP contribution >= 0.6 is 24.0 Å².